The third kappa shape index (κ3) is 4.28. The third-order valence-corrected chi connectivity index (χ3v) is 11.0. The Morgan fingerprint density at radius 3 is 1.74 bits per heavy atom. The molecule has 0 spiro atoms. The van der Waals surface area contributed by atoms with Gasteiger partial charge in [-0.05, 0) is 53.1 Å². The Bertz CT molecular complexity index is 3010. The van der Waals surface area contributed by atoms with Crippen molar-refractivity contribution in [3.05, 3.63) is 169 Å². The molecule has 0 N–H and O–H groups in total. The highest BCUT2D eigenvalue weighted by molar-refractivity contribution is 6.30. The highest BCUT2D eigenvalue weighted by Gasteiger charge is 2.41. The van der Waals surface area contributed by atoms with E-state index in [1.807, 2.05) is 60.7 Å². The van der Waals surface area contributed by atoms with E-state index in [1.165, 1.54) is 33.0 Å². The summed E-state index contributed by atoms with van der Waals surface area (Å²) >= 11 is 0. The van der Waals surface area contributed by atoms with Crippen LogP contribution in [0.2, 0.25) is 0 Å². The molecule has 3 aromatic heterocycles. The maximum atomic E-state index is 6.88. The van der Waals surface area contributed by atoms with Crippen LogP contribution in [-0.4, -0.2) is 19.5 Å². The van der Waals surface area contributed by atoms with Gasteiger partial charge in [0, 0.05) is 49.5 Å². The largest absolute Gasteiger partial charge is 0.455 e. The van der Waals surface area contributed by atoms with Crippen molar-refractivity contribution in [3.63, 3.8) is 0 Å². The SMILES string of the molecule is CC1(C)c2ccccc2-c2c1c1c3ccccc3n(-c3ccc(-c4nc(-c5ccccc5)nc(-c5ccccc5)n4)cc3)c1c1c2oc2ccccc21. The standard InChI is InChI=1S/C48H32N4O/c1-48(2)36-22-12-9-19-33(36)40-42(48)39-34-20-10-13-23-37(34)52(43(39)41-35-21-11-14-24-38(35)53-44(40)41)32-27-25-31(26-28-32)47-50-45(29-15-5-3-6-16-29)49-46(51-47)30-17-7-4-8-18-30/h3-28H,1-2H3. The molecule has 250 valence electrons. The number of hydrogen-bond donors (Lipinski definition) is 0. The molecule has 0 fully saturated rings. The zero-order valence-electron chi connectivity index (χ0n) is 29.2. The van der Waals surface area contributed by atoms with Gasteiger partial charge in [-0.1, -0.05) is 135 Å². The van der Waals surface area contributed by atoms with Crippen molar-refractivity contribution < 1.29 is 4.42 Å². The van der Waals surface area contributed by atoms with Gasteiger partial charge in [0.25, 0.3) is 0 Å². The molecule has 0 bridgehead atoms. The van der Waals surface area contributed by atoms with E-state index in [1.54, 1.807) is 0 Å². The quantitative estimate of drug-likeness (QED) is 0.186. The summed E-state index contributed by atoms with van der Waals surface area (Å²) in [5.74, 6) is 1.92. The van der Waals surface area contributed by atoms with Gasteiger partial charge in [0.1, 0.15) is 11.2 Å². The molecule has 0 saturated carbocycles. The van der Waals surface area contributed by atoms with Crippen LogP contribution < -0.4 is 0 Å². The molecule has 0 atom stereocenters. The summed E-state index contributed by atoms with van der Waals surface area (Å²) in [6.45, 7) is 4.71. The highest BCUT2D eigenvalue weighted by Crippen LogP contribution is 2.57. The molecule has 0 radical (unpaired) electrons. The predicted octanol–water partition coefficient (Wildman–Crippen LogP) is 12.2. The Kier molecular flexibility index (Phi) is 6.23. The first kappa shape index (κ1) is 29.8. The number of para-hydroxylation sites is 2. The first-order chi connectivity index (χ1) is 26.1. The fourth-order valence-electron chi connectivity index (χ4n) is 8.65. The molecule has 5 heteroatoms. The molecule has 53 heavy (non-hydrogen) atoms. The van der Waals surface area contributed by atoms with Crippen molar-refractivity contribution in [2.45, 2.75) is 19.3 Å². The molecule has 11 rings (SSSR count). The van der Waals surface area contributed by atoms with Crippen molar-refractivity contribution in [2.75, 3.05) is 0 Å². The number of rotatable bonds is 4. The fourth-order valence-corrected chi connectivity index (χ4v) is 8.65. The molecule has 0 amide bonds. The second kappa shape index (κ2) is 11.1. The maximum Gasteiger partial charge on any atom is 0.164 e. The topological polar surface area (TPSA) is 56.7 Å². The van der Waals surface area contributed by atoms with Gasteiger partial charge in [0.15, 0.2) is 17.5 Å². The zero-order chi connectivity index (χ0) is 35.3. The minimum absolute atomic E-state index is 0.234. The van der Waals surface area contributed by atoms with Crippen LogP contribution in [0.3, 0.4) is 0 Å². The van der Waals surface area contributed by atoms with Crippen LogP contribution in [0.4, 0.5) is 0 Å². The van der Waals surface area contributed by atoms with E-state index < -0.39 is 0 Å². The Hall–Kier alpha value is -6.85. The van der Waals surface area contributed by atoms with Crippen molar-refractivity contribution in [1.82, 2.24) is 19.5 Å². The Morgan fingerprint density at radius 1 is 0.509 bits per heavy atom. The number of furan rings is 1. The van der Waals surface area contributed by atoms with E-state index in [-0.39, 0.29) is 5.41 Å². The lowest BCUT2D eigenvalue weighted by Gasteiger charge is -2.23. The van der Waals surface area contributed by atoms with Crippen molar-refractivity contribution in [1.29, 1.82) is 0 Å². The summed E-state index contributed by atoms with van der Waals surface area (Å²) in [5, 5.41) is 4.76. The number of nitrogens with zero attached hydrogens (tertiary/aromatic N) is 4. The summed E-state index contributed by atoms with van der Waals surface area (Å²) in [6.07, 6.45) is 0. The van der Waals surface area contributed by atoms with Crippen molar-refractivity contribution in [3.8, 4) is 51.0 Å². The summed E-state index contributed by atoms with van der Waals surface area (Å²) in [5.41, 5.74) is 12.9. The Balaban J connectivity index is 1.18. The van der Waals surface area contributed by atoms with E-state index in [9.17, 15) is 0 Å². The molecule has 0 aliphatic heterocycles. The molecule has 7 aromatic carbocycles. The molecule has 3 heterocycles. The van der Waals surface area contributed by atoms with Crippen LogP contribution in [0.5, 0.6) is 0 Å². The number of benzene rings is 7. The van der Waals surface area contributed by atoms with Crippen LogP contribution in [0, 0.1) is 0 Å². The minimum Gasteiger partial charge on any atom is -0.455 e. The molecular formula is C48H32N4O. The van der Waals surface area contributed by atoms with Gasteiger partial charge in [-0.15, -0.1) is 0 Å². The lowest BCUT2D eigenvalue weighted by atomic mass is 9.80. The average molecular weight is 681 g/mol. The van der Waals surface area contributed by atoms with Gasteiger partial charge in [-0.2, -0.15) is 0 Å². The van der Waals surface area contributed by atoms with Crippen LogP contribution >= 0.6 is 0 Å². The van der Waals surface area contributed by atoms with Crippen LogP contribution in [-0.2, 0) is 5.41 Å². The van der Waals surface area contributed by atoms with Gasteiger partial charge in [0.2, 0.25) is 0 Å². The molecule has 5 nitrogen and oxygen atoms in total. The molecule has 10 aromatic rings. The van der Waals surface area contributed by atoms with Crippen LogP contribution in [0.15, 0.2) is 162 Å². The summed E-state index contributed by atoms with van der Waals surface area (Å²) in [4.78, 5) is 14.9. The number of hydrogen-bond acceptors (Lipinski definition) is 4. The maximum absolute atomic E-state index is 6.88. The average Bonchev–Trinajstić information content (AvgIpc) is 3.84. The van der Waals surface area contributed by atoms with Gasteiger partial charge in [0.05, 0.1) is 16.4 Å². The molecule has 0 unspecified atom stereocenters. The third-order valence-electron chi connectivity index (χ3n) is 11.0. The number of fused-ring (bicyclic) bond motifs is 12. The molecule has 0 saturated heterocycles. The van der Waals surface area contributed by atoms with Crippen LogP contribution in [0.1, 0.15) is 25.0 Å². The van der Waals surface area contributed by atoms with E-state index in [0.29, 0.717) is 17.5 Å². The van der Waals surface area contributed by atoms with E-state index in [4.69, 9.17) is 19.4 Å². The first-order valence-corrected chi connectivity index (χ1v) is 18.0. The van der Waals surface area contributed by atoms with E-state index in [2.05, 4.69) is 115 Å². The minimum atomic E-state index is -0.234. The molecule has 1 aliphatic carbocycles. The highest BCUT2D eigenvalue weighted by atomic mass is 16.3. The zero-order valence-corrected chi connectivity index (χ0v) is 29.2. The van der Waals surface area contributed by atoms with Gasteiger partial charge in [-0.25, -0.2) is 15.0 Å². The second-order valence-electron chi connectivity index (χ2n) is 14.4. The fraction of sp³-hybridized carbons (Fsp3) is 0.0625. The smallest absolute Gasteiger partial charge is 0.164 e. The second-order valence-corrected chi connectivity index (χ2v) is 14.4. The monoisotopic (exact) mass is 680 g/mol. The van der Waals surface area contributed by atoms with E-state index in [0.717, 1.165) is 55.3 Å². The lowest BCUT2D eigenvalue weighted by Crippen LogP contribution is -2.15. The summed E-state index contributed by atoms with van der Waals surface area (Å²) in [7, 11) is 0. The lowest BCUT2D eigenvalue weighted by molar-refractivity contribution is 0.658. The van der Waals surface area contributed by atoms with Crippen molar-refractivity contribution in [2.24, 2.45) is 0 Å². The first-order valence-electron chi connectivity index (χ1n) is 18.0. The van der Waals surface area contributed by atoms with Gasteiger partial charge >= 0.3 is 0 Å². The van der Waals surface area contributed by atoms with Gasteiger partial charge in [-0.3, -0.25) is 0 Å². The van der Waals surface area contributed by atoms with Gasteiger partial charge < -0.3 is 8.98 Å². The van der Waals surface area contributed by atoms with Crippen LogP contribution in [0.25, 0.3) is 94.7 Å². The Morgan fingerprint density at radius 2 is 1.06 bits per heavy atom. The molecule has 1 aliphatic rings. The summed E-state index contributed by atoms with van der Waals surface area (Å²) in [6, 6.07) is 54.9. The van der Waals surface area contributed by atoms with E-state index >= 15 is 0 Å². The number of aromatic nitrogens is 4. The summed E-state index contributed by atoms with van der Waals surface area (Å²) < 4.78 is 9.30. The Labute approximate surface area is 305 Å². The molecular weight excluding hydrogens is 649 g/mol. The predicted molar refractivity (Wildman–Crippen MR) is 215 cm³/mol. The normalized spacial score (nSPS) is 13.2. The van der Waals surface area contributed by atoms with Crippen molar-refractivity contribution >= 4 is 43.7 Å².